The molecule has 0 amide bonds. The largest absolute Gasteiger partial charge is 0.237 e. The summed E-state index contributed by atoms with van der Waals surface area (Å²) in [4.78, 5) is 7.95. The van der Waals surface area contributed by atoms with Crippen molar-refractivity contribution in [1.82, 2.24) is 19.7 Å². The smallest absolute Gasteiger partial charge is 0.217 e. The summed E-state index contributed by atoms with van der Waals surface area (Å²) >= 11 is 3.13. The van der Waals surface area contributed by atoms with Crippen molar-refractivity contribution in [2.45, 2.75) is 0 Å². The molecular weight excluding hydrogens is 246 g/mol. The van der Waals surface area contributed by atoms with Crippen LogP contribution >= 0.6 is 15.9 Å². The Bertz CT molecular complexity index is 498. The number of nitrogens with zero attached hydrogens (tertiary/aromatic N) is 5. The Morgan fingerprint density at radius 1 is 1.43 bits per heavy atom. The predicted octanol–water partition coefficient (Wildman–Crippen LogP) is 1.30. The van der Waals surface area contributed by atoms with E-state index in [0.717, 1.165) is 0 Å². The Balaban J connectivity index is 2.47. The van der Waals surface area contributed by atoms with Gasteiger partial charge in [0.1, 0.15) is 6.33 Å². The molecule has 0 saturated heterocycles. The molecule has 0 aliphatic carbocycles. The van der Waals surface area contributed by atoms with Gasteiger partial charge in [0.15, 0.2) is 5.82 Å². The number of halogens is 1. The molecule has 2 aromatic rings. The first-order chi connectivity index (χ1) is 6.79. The molecule has 0 fully saturated rings. The van der Waals surface area contributed by atoms with Gasteiger partial charge in [-0.2, -0.15) is 5.26 Å². The molecule has 0 unspecified atom stereocenters. The molecule has 0 N–H and O–H groups in total. The maximum absolute atomic E-state index is 8.68. The van der Waals surface area contributed by atoms with Crippen molar-refractivity contribution < 1.29 is 0 Å². The van der Waals surface area contributed by atoms with E-state index >= 15 is 0 Å². The maximum atomic E-state index is 8.68. The summed E-state index contributed by atoms with van der Waals surface area (Å²) in [6.45, 7) is 0. The average Bonchev–Trinajstić information content (AvgIpc) is 2.65. The minimum Gasteiger partial charge on any atom is -0.237 e. The molecule has 68 valence electrons. The first-order valence-corrected chi connectivity index (χ1v) is 4.52. The van der Waals surface area contributed by atoms with Gasteiger partial charge in [-0.05, 0) is 22.0 Å². The zero-order chi connectivity index (χ0) is 9.97. The molecule has 5 nitrogen and oxygen atoms in total. The lowest BCUT2D eigenvalue weighted by molar-refractivity contribution is 0.837. The van der Waals surface area contributed by atoms with Gasteiger partial charge in [-0.25, -0.2) is 14.6 Å². The Labute approximate surface area is 88.2 Å². The highest BCUT2D eigenvalue weighted by Crippen LogP contribution is 2.07. The summed E-state index contributed by atoms with van der Waals surface area (Å²) in [7, 11) is 0. The zero-order valence-corrected chi connectivity index (χ0v) is 8.51. The van der Waals surface area contributed by atoms with Gasteiger partial charge in [-0.15, -0.1) is 5.10 Å². The highest BCUT2D eigenvalue weighted by Gasteiger charge is 2.01. The lowest BCUT2D eigenvalue weighted by Crippen LogP contribution is -1.97. The number of nitriles is 1. The van der Waals surface area contributed by atoms with Crippen LogP contribution in [0.1, 0.15) is 5.56 Å². The van der Waals surface area contributed by atoms with Gasteiger partial charge in [-0.1, -0.05) is 0 Å². The summed E-state index contributed by atoms with van der Waals surface area (Å²) in [6.07, 6.45) is 3.08. The van der Waals surface area contributed by atoms with Crippen LogP contribution in [0.2, 0.25) is 0 Å². The summed E-state index contributed by atoms with van der Waals surface area (Å²) < 4.78 is 1.98. The van der Waals surface area contributed by atoms with Crippen molar-refractivity contribution >= 4 is 15.9 Å². The molecule has 0 aliphatic rings. The number of hydrogen-bond donors (Lipinski definition) is 0. The van der Waals surface area contributed by atoms with Gasteiger partial charge >= 0.3 is 0 Å². The Kier molecular flexibility index (Phi) is 2.24. The van der Waals surface area contributed by atoms with Crippen LogP contribution in [-0.2, 0) is 0 Å². The summed E-state index contributed by atoms with van der Waals surface area (Å²) in [5.74, 6) is 0.572. The van der Waals surface area contributed by atoms with Crippen molar-refractivity contribution in [3.8, 4) is 11.9 Å². The lowest BCUT2D eigenvalue weighted by Gasteiger charge is -1.97. The Hall–Kier alpha value is -1.74. The summed E-state index contributed by atoms with van der Waals surface area (Å²) in [6, 6.07) is 5.31. The molecule has 0 atom stereocenters. The lowest BCUT2D eigenvalue weighted by atomic mass is 10.3. The predicted molar refractivity (Wildman–Crippen MR) is 51.6 cm³/mol. The van der Waals surface area contributed by atoms with Crippen molar-refractivity contribution in [3.63, 3.8) is 0 Å². The fourth-order valence-electron chi connectivity index (χ4n) is 0.966. The molecule has 2 heterocycles. The van der Waals surface area contributed by atoms with Crippen molar-refractivity contribution in [3.05, 3.63) is 35.0 Å². The molecule has 14 heavy (non-hydrogen) atoms. The first kappa shape index (κ1) is 8.84. The molecule has 0 bridgehead atoms. The minimum absolute atomic E-state index is 0.488. The number of hydrogen-bond acceptors (Lipinski definition) is 4. The van der Waals surface area contributed by atoms with Gasteiger partial charge in [0, 0.05) is 12.3 Å². The normalized spacial score (nSPS) is 9.71. The van der Waals surface area contributed by atoms with E-state index in [9.17, 15) is 0 Å². The van der Waals surface area contributed by atoms with E-state index in [1.807, 2.05) is 6.07 Å². The van der Waals surface area contributed by atoms with Crippen LogP contribution in [0.15, 0.2) is 29.4 Å². The Morgan fingerprint density at radius 2 is 2.29 bits per heavy atom. The van der Waals surface area contributed by atoms with E-state index in [1.54, 1.807) is 18.3 Å². The SMILES string of the molecule is N#Cc1ccnc(-n2cnc(Br)n2)c1. The number of aromatic nitrogens is 4. The molecule has 0 spiro atoms. The van der Waals surface area contributed by atoms with Crippen molar-refractivity contribution in [2.75, 3.05) is 0 Å². The monoisotopic (exact) mass is 249 g/mol. The fraction of sp³-hybridized carbons (Fsp3) is 0. The van der Waals surface area contributed by atoms with E-state index in [0.29, 0.717) is 16.1 Å². The van der Waals surface area contributed by atoms with Crippen LogP contribution in [0.3, 0.4) is 0 Å². The topological polar surface area (TPSA) is 67.4 Å². The molecule has 0 aromatic carbocycles. The summed E-state index contributed by atoms with van der Waals surface area (Å²) in [5, 5.41) is 12.7. The van der Waals surface area contributed by atoms with E-state index in [-0.39, 0.29) is 0 Å². The second-order valence-electron chi connectivity index (χ2n) is 2.47. The van der Waals surface area contributed by atoms with Crippen LogP contribution < -0.4 is 0 Å². The number of rotatable bonds is 1. The van der Waals surface area contributed by atoms with Crippen LogP contribution in [0.5, 0.6) is 0 Å². The van der Waals surface area contributed by atoms with Crippen LogP contribution in [0.25, 0.3) is 5.82 Å². The molecule has 6 heteroatoms. The first-order valence-electron chi connectivity index (χ1n) is 3.73. The zero-order valence-electron chi connectivity index (χ0n) is 6.92. The highest BCUT2D eigenvalue weighted by atomic mass is 79.9. The minimum atomic E-state index is 0.488. The van der Waals surface area contributed by atoms with Crippen LogP contribution in [0.4, 0.5) is 0 Å². The van der Waals surface area contributed by atoms with E-state index < -0.39 is 0 Å². The number of pyridine rings is 1. The average molecular weight is 250 g/mol. The third kappa shape index (κ3) is 1.63. The highest BCUT2D eigenvalue weighted by molar-refractivity contribution is 9.10. The van der Waals surface area contributed by atoms with Crippen LogP contribution in [-0.4, -0.2) is 19.7 Å². The third-order valence-electron chi connectivity index (χ3n) is 1.57. The summed E-state index contributed by atoms with van der Waals surface area (Å²) in [5.41, 5.74) is 0.543. The van der Waals surface area contributed by atoms with Crippen LogP contribution in [0, 0.1) is 11.3 Å². The van der Waals surface area contributed by atoms with Gasteiger partial charge in [0.05, 0.1) is 11.6 Å². The van der Waals surface area contributed by atoms with E-state index in [4.69, 9.17) is 5.26 Å². The molecule has 2 rings (SSSR count). The van der Waals surface area contributed by atoms with Gasteiger partial charge < -0.3 is 0 Å². The quantitative estimate of drug-likeness (QED) is 0.764. The molecular formula is C8H4BrN5. The van der Waals surface area contributed by atoms with E-state index in [1.165, 1.54) is 11.0 Å². The second-order valence-corrected chi connectivity index (χ2v) is 3.18. The third-order valence-corrected chi connectivity index (χ3v) is 1.94. The second kappa shape index (κ2) is 3.55. The molecule has 2 aromatic heterocycles. The van der Waals surface area contributed by atoms with Gasteiger partial charge in [0.2, 0.25) is 4.73 Å². The molecule has 0 saturated carbocycles. The standard InChI is InChI=1S/C8H4BrN5/c9-8-12-5-14(13-8)7-3-6(4-10)1-2-11-7/h1-3,5H. The van der Waals surface area contributed by atoms with Gasteiger partial charge in [0.25, 0.3) is 0 Å². The molecule has 0 aliphatic heterocycles. The molecule has 0 radical (unpaired) electrons. The van der Waals surface area contributed by atoms with Crippen molar-refractivity contribution in [1.29, 1.82) is 5.26 Å². The Morgan fingerprint density at radius 3 is 2.93 bits per heavy atom. The van der Waals surface area contributed by atoms with E-state index in [2.05, 4.69) is 31.0 Å². The van der Waals surface area contributed by atoms with Gasteiger partial charge in [-0.3, -0.25) is 0 Å². The fourth-order valence-corrected chi connectivity index (χ4v) is 1.23. The maximum Gasteiger partial charge on any atom is 0.217 e. The van der Waals surface area contributed by atoms with Crippen molar-refractivity contribution in [2.24, 2.45) is 0 Å².